The van der Waals surface area contributed by atoms with Crippen LogP contribution in [0.5, 0.6) is 0 Å². The highest BCUT2D eigenvalue weighted by molar-refractivity contribution is 5.62. The Balaban J connectivity index is 0. The van der Waals surface area contributed by atoms with Crippen molar-refractivity contribution in [3.63, 3.8) is 0 Å². The SMILES string of the molecule is CC(=O)O.CCCCCCCCCCCCCCCCCCNN. The van der Waals surface area contributed by atoms with E-state index in [-0.39, 0.29) is 0 Å². The lowest BCUT2D eigenvalue weighted by Crippen LogP contribution is -2.22. The van der Waals surface area contributed by atoms with E-state index >= 15 is 0 Å². The fraction of sp³-hybridized carbons (Fsp3) is 0.950. The quantitative estimate of drug-likeness (QED) is 0.177. The van der Waals surface area contributed by atoms with Gasteiger partial charge in [0.15, 0.2) is 0 Å². The summed E-state index contributed by atoms with van der Waals surface area (Å²) < 4.78 is 0. The molecule has 0 atom stereocenters. The topological polar surface area (TPSA) is 75.3 Å². The van der Waals surface area contributed by atoms with Gasteiger partial charge in [-0.15, -0.1) is 0 Å². The summed E-state index contributed by atoms with van der Waals surface area (Å²) >= 11 is 0. The molecule has 24 heavy (non-hydrogen) atoms. The highest BCUT2D eigenvalue weighted by Gasteiger charge is 1.94. The van der Waals surface area contributed by atoms with Crippen molar-refractivity contribution in [2.45, 2.75) is 117 Å². The summed E-state index contributed by atoms with van der Waals surface area (Å²) in [4.78, 5) is 9.00. The van der Waals surface area contributed by atoms with Crippen LogP contribution in [-0.2, 0) is 4.79 Å². The number of aliphatic carboxylic acids is 1. The summed E-state index contributed by atoms with van der Waals surface area (Å²) in [6, 6.07) is 0. The van der Waals surface area contributed by atoms with E-state index in [1.807, 2.05) is 0 Å². The molecular formula is C20H44N2O2. The summed E-state index contributed by atoms with van der Waals surface area (Å²) in [6.45, 7) is 4.34. The van der Waals surface area contributed by atoms with Crippen LogP contribution in [0.3, 0.4) is 0 Å². The smallest absolute Gasteiger partial charge is 0.300 e. The van der Waals surface area contributed by atoms with E-state index in [1.54, 1.807) is 0 Å². The number of hydrogen-bond acceptors (Lipinski definition) is 3. The maximum Gasteiger partial charge on any atom is 0.300 e. The molecule has 0 saturated carbocycles. The van der Waals surface area contributed by atoms with Crippen LogP contribution in [0.25, 0.3) is 0 Å². The molecule has 0 spiro atoms. The lowest BCUT2D eigenvalue weighted by atomic mass is 10.0. The second kappa shape index (κ2) is 24.6. The van der Waals surface area contributed by atoms with E-state index < -0.39 is 5.97 Å². The molecule has 0 aromatic carbocycles. The molecule has 0 fully saturated rings. The summed E-state index contributed by atoms with van der Waals surface area (Å²) in [7, 11) is 0. The van der Waals surface area contributed by atoms with E-state index in [1.165, 1.54) is 103 Å². The lowest BCUT2D eigenvalue weighted by molar-refractivity contribution is -0.134. The molecule has 146 valence electrons. The maximum absolute atomic E-state index is 9.00. The third-order valence-electron chi connectivity index (χ3n) is 4.17. The van der Waals surface area contributed by atoms with E-state index in [0.29, 0.717) is 0 Å². The zero-order valence-electron chi connectivity index (χ0n) is 16.5. The van der Waals surface area contributed by atoms with Crippen molar-refractivity contribution in [3.05, 3.63) is 0 Å². The third kappa shape index (κ3) is 33.1. The van der Waals surface area contributed by atoms with Crippen LogP contribution in [0.15, 0.2) is 0 Å². The number of carboxylic acid groups (broad SMARTS) is 1. The van der Waals surface area contributed by atoms with Crippen LogP contribution in [0.2, 0.25) is 0 Å². The Morgan fingerprint density at radius 3 is 1.21 bits per heavy atom. The van der Waals surface area contributed by atoms with Gasteiger partial charge < -0.3 is 5.11 Å². The second-order valence-corrected chi connectivity index (χ2v) is 6.78. The number of carbonyl (C=O) groups is 1. The van der Waals surface area contributed by atoms with Crippen molar-refractivity contribution in [3.8, 4) is 0 Å². The number of hydrogen-bond donors (Lipinski definition) is 3. The van der Waals surface area contributed by atoms with E-state index in [9.17, 15) is 0 Å². The minimum atomic E-state index is -0.833. The molecule has 0 saturated heterocycles. The number of nitrogens with two attached hydrogens (primary N) is 1. The average molecular weight is 345 g/mol. The van der Waals surface area contributed by atoms with Gasteiger partial charge in [0.1, 0.15) is 0 Å². The summed E-state index contributed by atoms with van der Waals surface area (Å²) in [5, 5.41) is 7.42. The van der Waals surface area contributed by atoms with Gasteiger partial charge in [0.2, 0.25) is 0 Å². The number of unbranched alkanes of at least 4 members (excludes halogenated alkanes) is 15. The first-order chi connectivity index (χ1) is 11.6. The van der Waals surface area contributed by atoms with Crippen molar-refractivity contribution >= 4 is 5.97 Å². The van der Waals surface area contributed by atoms with Gasteiger partial charge in [0.25, 0.3) is 5.97 Å². The van der Waals surface area contributed by atoms with Gasteiger partial charge in [-0.3, -0.25) is 16.1 Å². The largest absolute Gasteiger partial charge is 0.481 e. The van der Waals surface area contributed by atoms with Crippen LogP contribution in [0.1, 0.15) is 117 Å². The first-order valence-corrected chi connectivity index (χ1v) is 10.3. The van der Waals surface area contributed by atoms with Crippen LogP contribution < -0.4 is 11.3 Å². The predicted molar refractivity (Wildman–Crippen MR) is 105 cm³/mol. The zero-order valence-corrected chi connectivity index (χ0v) is 16.5. The highest BCUT2D eigenvalue weighted by atomic mass is 16.4. The van der Waals surface area contributed by atoms with Gasteiger partial charge in [0.05, 0.1) is 0 Å². The Morgan fingerprint density at radius 2 is 0.958 bits per heavy atom. The van der Waals surface area contributed by atoms with Crippen LogP contribution in [-0.4, -0.2) is 17.6 Å². The molecule has 0 aliphatic rings. The van der Waals surface area contributed by atoms with Gasteiger partial charge in [-0.25, -0.2) is 0 Å². The van der Waals surface area contributed by atoms with Crippen LogP contribution in [0, 0.1) is 0 Å². The van der Waals surface area contributed by atoms with E-state index in [4.69, 9.17) is 15.7 Å². The summed E-state index contributed by atoms with van der Waals surface area (Å²) in [5.41, 5.74) is 2.72. The van der Waals surface area contributed by atoms with Crippen LogP contribution >= 0.6 is 0 Å². The number of rotatable bonds is 17. The normalized spacial score (nSPS) is 10.3. The first kappa shape index (κ1) is 25.6. The average Bonchev–Trinajstić information content (AvgIpc) is 2.54. The molecule has 4 nitrogen and oxygen atoms in total. The molecule has 4 heteroatoms. The summed E-state index contributed by atoms with van der Waals surface area (Å²) in [6.07, 6.45) is 22.8. The molecule has 0 aliphatic heterocycles. The Labute approximate surface area is 150 Å². The van der Waals surface area contributed by atoms with Crippen molar-refractivity contribution in [2.75, 3.05) is 6.54 Å². The molecule has 0 amide bonds. The Hall–Kier alpha value is -0.610. The van der Waals surface area contributed by atoms with Crippen LogP contribution in [0.4, 0.5) is 0 Å². The molecule has 0 heterocycles. The van der Waals surface area contributed by atoms with Crippen molar-refractivity contribution < 1.29 is 9.90 Å². The standard InChI is InChI=1S/C18H40N2.C2H4O2/c1-2-3-4-5-6-7-8-9-10-11-12-13-14-15-16-17-18-20-19;1-2(3)4/h20H,2-19H2,1H3;1H3,(H,3,4). The van der Waals surface area contributed by atoms with Gasteiger partial charge >= 0.3 is 0 Å². The third-order valence-corrected chi connectivity index (χ3v) is 4.17. The van der Waals surface area contributed by atoms with Gasteiger partial charge in [-0.2, -0.15) is 0 Å². The van der Waals surface area contributed by atoms with Gasteiger partial charge in [-0.1, -0.05) is 103 Å². The molecule has 0 unspecified atom stereocenters. The number of hydrazine groups is 1. The minimum Gasteiger partial charge on any atom is -0.481 e. The Bertz CT molecular complexity index is 214. The molecule has 0 radical (unpaired) electrons. The van der Waals surface area contributed by atoms with E-state index in [0.717, 1.165) is 13.5 Å². The van der Waals surface area contributed by atoms with Gasteiger partial charge in [0, 0.05) is 13.5 Å². The van der Waals surface area contributed by atoms with Gasteiger partial charge in [-0.05, 0) is 6.42 Å². The molecular weight excluding hydrogens is 300 g/mol. The Morgan fingerprint density at radius 1 is 0.708 bits per heavy atom. The molecule has 0 rings (SSSR count). The second-order valence-electron chi connectivity index (χ2n) is 6.78. The fourth-order valence-corrected chi connectivity index (χ4v) is 2.78. The van der Waals surface area contributed by atoms with Crippen molar-refractivity contribution in [1.29, 1.82) is 0 Å². The molecule has 0 aromatic heterocycles. The Kier molecular flexibility index (Phi) is 26.3. The predicted octanol–water partition coefficient (Wildman–Crippen LogP) is 5.80. The number of nitrogens with one attached hydrogen (secondary N) is 1. The first-order valence-electron chi connectivity index (χ1n) is 10.3. The minimum absolute atomic E-state index is 0.833. The summed E-state index contributed by atoms with van der Waals surface area (Å²) in [5.74, 6) is 4.41. The molecule has 0 aromatic rings. The highest BCUT2D eigenvalue weighted by Crippen LogP contribution is 2.13. The lowest BCUT2D eigenvalue weighted by Gasteiger charge is -2.03. The van der Waals surface area contributed by atoms with E-state index in [2.05, 4.69) is 12.3 Å². The maximum atomic E-state index is 9.00. The molecule has 0 bridgehead atoms. The fourth-order valence-electron chi connectivity index (χ4n) is 2.78. The zero-order chi connectivity index (χ0) is 18.3. The van der Waals surface area contributed by atoms with Crippen molar-refractivity contribution in [2.24, 2.45) is 5.84 Å². The number of carboxylic acids is 1. The monoisotopic (exact) mass is 344 g/mol. The molecule has 4 N–H and O–H groups in total. The van der Waals surface area contributed by atoms with Crippen molar-refractivity contribution in [1.82, 2.24) is 5.43 Å². The molecule has 0 aliphatic carbocycles.